The number of hydrogen-bond donors (Lipinski definition) is 1. The zero-order valence-corrected chi connectivity index (χ0v) is 13.8. The number of hydrogen-bond acceptors (Lipinski definition) is 3. The molecule has 0 aromatic carbocycles. The van der Waals surface area contributed by atoms with Crippen LogP contribution < -0.4 is 5.32 Å². The summed E-state index contributed by atoms with van der Waals surface area (Å²) in [6.07, 6.45) is 5.68. The Hall–Kier alpha value is -0.350. The number of rotatable bonds is 2. The molecule has 0 spiro atoms. The van der Waals surface area contributed by atoms with Crippen molar-refractivity contribution in [1.29, 1.82) is 0 Å². The van der Waals surface area contributed by atoms with Crippen molar-refractivity contribution in [3.8, 4) is 0 Å². The summed E-state index contributed by atoms with van der Waals surface area (Å²) in [4.78, 5) is 8.30. The van der Waals surface area contributed by atoms with Gasteiger partial charge in [0.1, 0.15) is 5.82 Å². The molecule has 2 fully saturated rings. The number of anilines is 1. The van der Waals surface area contributed by atoms with Gasteiger partial charge in [-0.1, -0.05) is 20.8 Å². The van der Waals surface area contributed by atoms with Gasteiger partial charge < -0.3 is 5.32 Å². The van der Waals surface area contributed by atoms with Gasteiger partial charge in [-0.25, -0.2) is 4.98 Å². The molecule has 3 nitrogen and oxygen atoms in total. The molecule has 104 valence electrons. The van der Waals surface area contributed by atoms with E-state index in [0.717, 1.165) is 16.2 Å². The van der Waals surface area contributed by atoms with Crippen LogP contribution in [-0.4, -0.2) is 16.0 Å². The number of nitrogens with zero attached hydrogens (tertiary/aromatic N) is 2. The van der Waals surface area contributed by atoms with Gasteiger partial charge in [0.15, 0.2) is 0 Å². The fourth-order valence-corrected chi connectivity index (χ4v) is 4.68. The lowest BCUT2D eigenvalue weighted by molar-refractivity contribution is 0.155. The molecule has 19 heavy (non-hydrogen) atoms. The fourth-order valence-electron chi connectivity index (χ4n) is 4.25. The zero-order chi connectivity index (χ0) is 13.8. The van der Waals surface area contributed by atoms with E-state index in [2.05, 4.69) is 52.0 Å². The Bertz CT molecular complexity index is 515. The maximum atomic E-state index is 5.90. The average molecular weight is 345 g/mol. The van der Waals surface area contributed by atoms with Gasteiger partial charge in [0.2, 0.25) is 5.28 Å². The first-order chi connectivity index (χ1) is 8.83. The molecule has 2 aliphatic rings. The summed E-state index contributed by atoms with van der Waals surface area (Å²) in [5, 5.41) is 3.92. The molecule has 3 rings (SSSR count). The van der Waals surface area contributed by atoms with E-state index in [0.29, 0.717) is 16.9 Å². The molecule has 0 saturated heterocycles. The second-order valence-corrected chi connectivity index (χ2v) is 8.02. The maximum absolute atomic E-state index is 5.90. The normalized spacial score (nSPS) is 35.6. The van der Waals surface area contributed by atoms with E-state index in [1.165, 1.54) is 19.3 Å². The highest BCUT2D eigenvalue weighted by Crippen LogP contribution is 2.63. The summed E-state index contributed by atoms with van der Waals surface area (Å²) in [5.41, 5.74) is 0.662. The Morgan fingerprint density at radius 2 is 2.16 bits per heavy atom. The summed E-state index contributed by atoms with van der Waals surface area (Å²) >= 11 is 9.40. The van der Waals surface area contributed by atoms with Crippen LogP contribution in [-0.2, 0) is 0 Å². The number of halogens is 2. The molecule has 2 bridgehead atoms. The molecule has 1 N–H and O–H groups in total. The Morgan fingerprint density at radius 1 is 1.42 bits per heavy atom. The Labute approximate surface area is 127 Å². The van der Waals surface area contributed by atoms with Crippen LogP contribution >= 0.6 is 27.5 Å². The van der Waals surface area contributed by atoms with Crippen LogP contribution in [0.2, 0.25) is 5.28 Å². The molecular formula is C14H19BrClN3. The smallest absolute Gasteiger partial charge is 0.224 e. The average Bonchev–Trinajstić information content (AvgIpc) is 2.80. The molecule has 3 atom stereocenters. The SMILES string of the molecule is CC12CCC(C1)C(C)(C)C2Nc1nc(Cl)ncc1Br. The van der Waals surface area contributed by atoms with Crippen molar-refractivity contribution in [1.82, 2.24) is 9.97 Å². The summed E-state index contributed by atoms with van der Waals surface area (Å²) in [6, 6.07) is 0.431. The minimum atomic E-state index is 0.289. The van der Waals surface area contributed by atoms with Crippen molar-refractivity contribution in [2.24, 2.45) is 16.7 Å². The van der Waals surface area contributed by atoms with Crippen LogP contribution in [0, 0.1) is 16.7 Å². The summed E-state index contributed by atoms with van der Waals surface area (Å²) in [5.74, 6) is 1.62. The van der Waals surface area contributed by atoms with Crippen molar-refractivity contribution in [2.75, 3.05) is 5.32 Å². The van der Waals surface area contributed by atoms with Crippen molar-refractivity contribution in [3.05, 3.63) is 16.0 Å². The lowest BCUT2D eigenvalue weighted by Crippen LogP contribution is -2.46. The van der Waals surface area contributed by atoms with E-state index in [1.807, 2.05) is 0 Å². The standard InChI is InChI=1S/C14H19BrClN3/c1-13(2)8-4-5-14(3,6-8)11(13)18-10-9(15)7-17-12(16)19-10/h7-8,11H,4-6H2,1-3H3,(H,17,18,19). The van der Waals surface area contributed by atoms with Crippen LogP contribution in [0.4, 0.5) is 5.82 Å². The van der Waals surface area contributed by atoms with E-state index < -0.39 is 0 Å². The van der Waals surface area contributed by atoms with E-state index in [4.69, 9.17) is 11.6 Å². The van der Waals surface area contributed by atoms with Crippen LogP contribution in [0.1, 0.15) is 40.0 Å². The topological polar surface area (TPSA) is 37.8 Å². The maximum Gasteiger partial charge on any atom is 0.224 e. The predicted octanol–water partition coefficient (Wildman–Crippen LogP) is 4.52. The molecule has 2 aliphatic carbocycles. The van der Waals surface area contributed by atoms with Gasteiger partial charge in [-0.2, -0.15) is 4.98 Å². The second kappa shape index (κ2) is 4.32. The highest BCUT2D eigenvalue weighted by atomic mass is 79.9. The second-order valence-electron chi connectivity index (χ2n) is 6.83. The minimum absolute atomic E-state index is 0.289. The minimum Gasteiger partial charge on any atom is -0.365 e. The van der Waals surface area contributed by atoms with E-state index in [1.54, 1.807) is 6.20 Å². The monoisotopic (exact) mass is 343 g/mol. The third kappa shape index (κ3) is 2.07. The van der Waals surface area contributed by atoms with Crippen LogP contribution in [0.3, 0.4) is 0 Å². The highest BCUT2D eigenvalue weighted by Gasteiger charge is 2.59. The highest BCUT2D eigenvalue weighted by molar-refractivity contribution is 9.10. The Balaban J connectivity index is 1.92. The van der Waals surface area contributed by atoms with E-state index in [9.17, 15) is 0 Å². The molecule has 0 radical (unpaired) electrons. The lowest BCUT2D eigenvalue weighted by Gasteiger charge is -2.43. The lowest BCUT2D eigenvalue weighted by atomic mass is 9.68. The number of aromatic nitrogens is 2. The molecule has 1 aromatic rings. The van der Waals surface area contributed by atoms with E-state index >= 15 is 0 Å². The molecule has 3 unspecified atom stereocenters. The van der Waals surface area contributed by atoms with Crippen molar-refractivity contribution in [2.45, 2.75) is 46.1 Å². The Kier molecular flexibility index (Phi) is 3.10. The first kappa shape index (κ1) is 13.6. The molecule has 0 aliphatic heterocycles. The van der Waals surface area contributed by atoms with Gasteiger partial charge in [-0.05, 0) is 63.5 Å². The van der Waals surface area contributed by atoms with Gasteiger partial charge in [0.25, 0.3) is 0 Å². The van der Waals surface area contributed by atoms with Crippen molar-refractivity contribution in [3.63, 3.8) is 0 Å². The third-order valence-corrected chi connectivity index (χ3v) is 6.03. The largest absolute Gasteiger partial charge is 0.365 e. The molecule has 2 saturated carbocycles. The third-order valence-electron chi connectivity index (χ3n) is 5.27. The summed E-state index contributed by atoms with van der Waals surface area (Å²) in [7, 11) is 0. The van der Waals surface area contributed by atoms with Gasteiger partial charge in [0, 0.05) is 12.2 Å². The van der Waals surface area contributed by atoms with Gasteiger partial charge in [-0.15, -0.1) is 0 Å². The van der Waals surface area contributed by atoms with Crippen LogP contribution in [0.25, 0.3) is 0 Å². The van der Waals surface area contributed by atoms with Crippen LogP contribution in [0.15, 0.2) is 10.7 Å². The van der Waals surface area contributed by atoms with Crippen LogP contribution in [0.5, 0.6) is 0 Å². The quantitative estimate of drug-likeness (QED) is 0.802. The first-order valence-corrected chi connectivity index (χ1v) is 7.94. The zero-order valence-electron chi connectivity index (χ0n) is 11.5. The Morgan fingerprint density at radius 3 is 2.79 bits per heavy atom. The van der Waals surface area contributed by atoms with Gasteiger partial charge in [0.05, 0.1) is 4.47 Å². The summed E-state index contributed by atoms with van der Waals surface area (Å²) in [6.45, 7) is 7.14. The molecule has 5 heteroatoms. The molecule has 0 amide bonds. The van der Waals surface area contributed by atoms with Gasteiger partial charge in [-0.3, -0.25) is 0 Å². The van der Waals surface area contributed by atoms with Crippen molar-refractivity contribution < 1.29 is 0 Å². The molecule has 1 heterocycles. The summed E-state index contributed by atoms with van der Waals surface area (Å²) < 4.78 is 0.874. The molecular weight excluding hydrogens is 326 g/mol. The predicted molar refractivity (Wildman–Crippen MR) is 81.4 cm³/mol. The first-order valence-electron chi connectivity index (χ1n) is 6.77. The fraction of sp³-hybridized carbons (Fsp3) is 0.714. The molecule has 1 aromatic heterocycles. The number of fused-ring (bicyclic) bond motifs is 2. The van der Waals surface area contributed by atoms with Crippen molar-refractivity contribution >= 4 is 33.3 Å². The van der Waals surface area contributed by atoms with E-state index in [-0.39, 0.29) is 5.28 Å². The van der Waals surface area contributed by atoms with Gasteiger partial charge >= 0.3 is 0 Å². The number of nitrogens with one attached hydrogen (secondary N) is 1.